The van der Waals surface area contributed by atoms with Gasteiger partial charge in [0.1, 0.15) is 5.75 Å². The lowest BCUT2D eigenvalue weighted by atomic mass is 10.00. The van der Waals surface area contributed by atoms with Gasteiger partial charge in [-0.1, -0.05) is 11.6 Å². The number of hydrogen-bond acceptors (Lipinski definition) is 2. The van der Waals surface area contributed by atoms with E-state index in [1.54, 1.807) is 0 Å². The van der Waals surface area contributed by atoms with Crippen molar-refractivity contribution in [1.82, 2.24) is 0 Å². The Morgan fingerprint density at radius 1 is 1.53 bits per heavy atom. The molecule has 1 unspecified atom stereocenters. The van der Waals surface area contributed by atoms with E-state index in [1.807, 2.05) is 0 Å². The fourth-order valence-electron chi connectivity index (χ4n) is 1.68. The predicted octanol–water partition coefficient (Wildman–Crippen LogP) is 3.44. The Hall–Kier alpha value is -1.69. The van der Waals surface area contributed by atoms with Gasteiger partial charge in [0, 0.05) is 12.0 Å². The number of aryl methyl sites for hydroxylation is 1. The van der Waals surface area contributed by atoms with Crippen molar-refractivity contribution in [3.8, 4) is 5.75 Å². The average Bonchev–Trinajstić information content (AvgIpc) is 2.35. The van der Waals surface area contributed by atoms with Gasteiger partial charge >= 0.3 is 12.1 Å². The third kappa shape index (κ3) is 2.53. The Balaban J connectivity index is 2.57. The summed E-state index contributed by atoms with van der Waals surface area (Å²) >= 11 is 5.84. The normalized spacial score (nSPS) is 19.1. The number of hydrogen-bond donors (Lipinski definition) is 1. The molecule has 1 aromatic carbocycles. The van der Waals surface area contributed by atoms with Gasteiger partial charge in [0.2, 0.25) is 6.10 Å². The van der Waals surface area contributed by atoms with Crippen LogP contribution in [0.4, 0.5) is 13.2 Å². The van der Waals surface area contributed by atoms with Crippen LogP contribution in [0.15, 0.2) is 17.7 Å². The van der Waals surface area contributed by atoms with Gasteiger partial charge in [0.15, 0.2) is 0 Å². The van der Waals surface area contributed by atoms with E-state index in [9.17, 15) is 18.0 Å². The fraction of sp³-hybridized carbons (Fsp3) is 0.250. The standard InChI is InChI=1S/C12H8ClF3O3/c1-5-2-9-6(4-8(5)13)3-7(11(17)18)10(19-9)12(14,15)16/h2-4,10H,1H3,(H,17,18)/i1D. The predicted molar refractivity (Wildman–Crippen MR) is 62.3 cm³/mol. The lowest BCUT2D eigenvalue weighted by Crippen LogP contribution is -2.40. The topological polar surface area (TPSA) is 46.5 Å². The summed E-state index contributed by atoms with van der Waals surface area (Å²) in [5, 5.41) is 9.03. The molecular weight excluding hydrogens is 285 g/mol. The molecule has 3 nitrogen and oxygen atoms in total. The largest absolute Gasteiger partial charge is 0.478 e. The molecule has 0 aliphatic carbocycles. The molecule has 0 amide bonds. The van der Waals surface area contributed by atoms with Crippen LogP contribution in [-0.4, -0.2) is 23.4 Å². The number of carbonyl (C=O) groups is 1. The van der Waals surface area contributed by atoms with Crippen molar-refractivity contribution in [2.45, 2.75) is 19.2 Å². The van der Waals surface area contributed by atoms with E-state index in [-0.39, 0.29) is 23.2 Å². The number of fused-ring (bicyclic) bond motifs is 1. The van der Waals surface area contributed by atoms with Gasteiger partial charge in [0.05, 0.1) is 5.57 Å². The van der Waals surface area contributed by atoms with Crippen LogP contribution >= 0.6 is 11.6 Å². The highest BCUT2D eigenvalue weighted by Gasteiger charge is 2.48. The Morgan fingerprint density at radius 2 is 2.21 bits per heavy atom. The van der Waals surface area contributed by atoms with Gasteiger partial charge < -0.3 is 9.84 Å². The smallest absolute Gasteiger partial charge is 0.430 e. The summed E-state index contributed by atoms with van der Waals surface area (Å²) in [6.45, 7) is -0.221. The monoisotopic (exact) mass is 293 g/mol. The highest BCUT2D eigenvalue weighted by atomic mass is 35.5. The van der Waals surface area contributed by atoms with Crippen LogP contribution in [0.3, 0.4) is 0 Å². The molecule has 1 atom stereocenters. The maximum atomic E-state index is 12.8. The van der Waals surface area contributed by atoms with Gasteiger partial charge in [-0.2, -0.15) is 13.2 Å². The van der Waals surface area contributed by atoms with Crippen molar-refractivity contribution in [3.63, 3.8) is 0 Å². The van der Waals surface area contributed by atoms with Crippen molar-refractivity contribution in [2.75, 3.05) is 0 Å². The first-order chi connectivity index (χ1) is 9.24. The molecule has 0 radical (unpaired) electrons. The molecule has 1 N–H and O–H groups in total. The van der Waals surface area contributed by atoms with Gasteiger partial charge in [-0.05, 0) is 30.7 Å². The number of carboxylic acid groups (broad SMARTS) is 1. The van der Waals surface area contributed by atoms with E-state index >= 15 is 0 Å². The van der Waals surface area contributed by atoms with Crippen LogP contribution in [0.5, 0.6) is 5.75 Å². The number of alkyl halides is 3. The van der Waals surface area contributed by atoms with Crippen molar-refractivity contribution in [1.29, 1.82) is 0 Å². The summed E-state index contributed by atoms with van der Waals surface area (Å²) in [5.41, 5.74) is -0.455. The lowest BCUT2D eigenvalue weighted by molar-refractivity contribution is -0.187. The second-order valence-electron chi connectivity index (χ2n) is 3.93. The summed E-state index contributed by atoms with van der Waals surface area (Å²) < 4.78 is 50.4. The summed E-state index contributed by atoms with van der Waals surface area (Å²) in [6, 6.07) is 2.51. The zero-order valence-corrected chi connectivity index (χ0v) is 10.0. The Morgan fingerprint density at radius 3 is 2.74 bits per heavy atom. The molecule has 1 aliphatic rings. The maximum absolute atomic E-state index is 12.8. The fourth-order valence-corrected chi connectivity index (χ4v) is 1.85. The first-order valence-corrected chi connectivity index (χ1v) is 5.41. The van der Waals surface area contributed by atoms with Gasteiger partial charge in [-0.3, -0.25) is 0 Å². The summed E-state index contributed by atoms with van der Waals surface area (Å²) in [4.78, 5) is 10.9. The van der Waals surface area contributed by atoms with Crippen LogP contribution in [0, 0.1) is 6.90 Å². The molecule has 0 saturated carbocycles. The van der Waals surface area contributed by atoms with Gasteiger partial charge in [-0.15, -0.1) is 0 Å². The number of carboxylic acids is 1. The van der Waals surface area contributed by atoms with Crippen LogP contribution in [0.1, 0.15) is 12.5 Å². The van der Waals surface area contributed by atoms with E-state index in [4.69, 9.17) is 22.8 Å². The van der Waals surface area contributed by atoms with E-state index < -0.39 is 23.8 Å². The number of rotatable bonds is 1. The molecule has 0 fully saturated rings. The minimum Gasteiger partial charge on any atom is -0.478 e. The quantitative estimate of drug-likeness (QED) is 0.863. The van der Waals surface area contributed by atoms with Crippen molar-refractivity contribution < 1.29 is 29.2 Å². The molecule has 19 heavy (non-hydrogen) atoms. The zero-order valence-electron chi connectivity index (χ0n) is 10.3. The summed E-state index contributed by atoms with van der Waals surface area (Å²) in [5.74, 6) is -1.84. The van der Waals surface area contributed by atoms with Crippen LogP contribution < -0.4 is 4.74 Å². The molecule has 1 heterocycles. The van der Waals surface area contributed by atoms with Gasteiger partial charge in [0.25, 0.3) is 0 Å². The highest BCUT2D eigenvalue weighted by molar-refractivity contribution is 6.31. The van der Waals surface area contributed by atoms with Gasteiger partial charge in [-0.25, -0.2) is 4.79 Å². The molecule has 1 aromatic rings. The molecule has 1 aliphatic heterocycles. The number of ether oxygens (including phenoxy) is 1. The molecule has 0 bridgehead atoms. The van der Waals surface area contributed by atoms with Crippen molar-refractivity contribution in [2.24, 2.45) is 0 Å². The molecule has 102 valence electrons. The zero-order chi connectivity index (χ0) is 15.1. The van der Waals surface area contributed by atoms with E-state index in [0.29, 0.717) is 5.56 Å². The Kier molecular flexibility index (Phi) is 2.89. The minimum atomic E-state index is -4.84. The van der Waals surface area contributed by atoms with Crippen molar-refractivity contribution in [3.05, 3.63) is 33.9 Å². The van der Waals surface area contributed by atoms with E-state index in [2.05, 4.69) is 0 Å². The number of benzene rings is 1. The van der Waals surface area contributed by atoms with E-state index in [0.717, 1.165) is 6.08 Å². The second-order valence-corrected chi connectivity index (χ2v) is 4.33. The van der Waals surface area contributed by atoms with Crippen LogP contribution in [0.25, 0.3) is 6.08 Å². The third-order valence-corrected chi connectivity index (χ3v) is 2.91. The number of halogens is 4. The first-order valence-electron chi connectivity index (χ1n) is 5.74. The van der Waals surface area contributed by atoms with Crippen LogP contribution in [-0.2, 0) is 4.79 Å². The molecule has 2 rings (SSSR count). The maximum Gasteiger partial charge on any atom is 0.430 e. The average molecular weight is 294 g/mol. The Labute approximate surface area is 112 Å². The van der Waals surface area contributed by atoms with E-state index in [1.165, 1.54) is 12.1 Å². The first kappa shape index (κ1) is 12.3. The summed E-state index contributed by atoms with van der Waals surface area (Å²) in [6.07, 6.45) is -6.49. The molecule has 7 heteroatoms. The second kappa shape index (κ2) is 4.45. The minimum absolute atomic E-state index is 0.135. The lowest BCUT2D eigenvalue weighted by Gasteiger charge is -2.27. The summed E-state index contributed by atoms with van der Waals surface area (Å²) in [7, 11) is 0. The number of aliphatic carboxylic acids is 1. The Bertz CT molecular complexity index is 598. The third-order valence-electron chi connectivity index (χ3n) is 2.56. The molecular formula is C12H8ClF3O3. The SMILES string of the molecule is [2H]Cc1cc2c(cc1Cl)C=C(C(=O)O)C(C(F)(F)F)O2. The van der Waals surface area contributed by atoms with Crippen LogP contribution in [0.2, 0.25) is 5.02 Å². The molecule has 0 aromatic heterocycles. The van der Waals surface area contributed by atoms with Crippen molar-refractivity contribution >= 4 is 23.6 Å². The molecule has 0 saturated heterocycles. The highest BCUT2D eigenvalue weighted by Crippen LogP contribution is 2.39. The molecule has 0 spiro atoms.